The van der Waals surface area contributed by atoms with Gasteiger partial charge in [0, 0.05) is 44.8 Å². The summed E-state index contributed by atoms with van der Waals surface area (Å²) in [4.78, 5) is 9.39. The first-order valence-corrected chi connectivity index (χ1v) is 8.77. The van der Waals surface area contributed by atoms with Crippen LogP contribution < -0.4 is 0 Å². The monoisotopic (exact) mass is 334 g/mol. The van der Waals surface area contributed by atoms with Crippen molar-refractivity contribution in [3.05, 3.63) is 29.8 Å². The number of nitrogens with zero attached hydrogens (tertiary/aromatic N) is 4. The van der Waals surface area contributed by atoms with Crippen LogP contribution in [0.25, 0.3) is 11.0 Å². The van der Waals surface area contributed by atoms with Gasteiger partial charge in [-0.25, -0.2) is 9.37 Å². The number of fused-ring (bicyclic) bond motifs is 1. The van der Waals surface area contributed by atoms with Gasteiger partial charge in [0.1, 0.15) is 11.6 Å². The molecule has 1 aliphatic heterocycles. The lowest BCUT2D eigenvalue weighted by Gasteiger charge is -2.40. The molecule has 132 valence electrons. The van der Waals surface area contributed by atoms with Gasteiger partial charge in [-0.3, -0.25) is 9.80 Å². The molecule has 2 atom stereocenters. The van der Waals surface area contributed by atoms with Crippen LogP contribution in [0.5, 0.6) is 0 Å². The Morgan fingerprint density at radius 2 is 2.17 bits per heavy atom. The quantitative estimate of drug-likeness (QED) is 0.909. The van der Waals surface area contributed by atoms with Gasteiger partial charge in [-0.05, 0) is 32.9 Å². The van der Waals surface area contributed by atoms with Gasteiger partial charge in [0.05, 0.1) is 23.7 Å². The lowest BCUT2D eigenvalue weighted by molar-refractivity contribution is 0.0410. The molecule has 2 heterocycles. The standard InChI is InChI=1S/C18H27FN4O/c1-4-23-17-6-5-15(19)9-16(17)20-18(23)12-21-7-8-22(11-14(3)24)13(2)10-21/h5-6,9,13-14,24H,4,7-8,10-12H2,1-3H3. The Hall–Kier alpha value is -1.50. The van der Waals surface area contributed by atoms with Crippen LogP contribution in [0.3, 0.4) is 0 Å². The van der Waals surface area contributed by atoms with Crippen molar-refractivity contribution in [1.29, 1.82) is 0 Å². The molecule has 0 amide bonds. The third kappa shape index (κ3) is 3.61. The molecule has 0 saturated carbocycles. The number of benzene rings is 1. The van der Waals surface area contributed by atoms with Crippen LogP contribution >= 0.6 is 0 Å². The number of aromatic nitrogens is 2. The summed E-state index contributed by atoms with van der Waals surface area (Å²) >= 11 is 0. The Balaban J connectivity index is 1.74. The molecule has 3 rings (SSSR count). The van der Waals surface area contributed by atoms with Gasteiger partial charge in [0.15, 0.2) is 0 Å². The molecule has 0 radical (unpaired) electrons. The molecule has 1 aromatic heterocycles. The van der Waals surface area contributed by atoms with Gasteiger partial charge < -0.3 is 9.67 Å². The predicted molar refractivity (Wildman–Crippen MR) is 93.4 cm³/mol. The van der Waals surface area contributed by atoms with E-state index in [1.807, 2.05) is 13.0 Å². The first kappa shape index (κ1) is 17.3. The third-order valence-corrected chi connectivity index (χ3v) is 4.82. The smallest absolute Gasteiger partial charge is 0.125 e. The first-order chi connectivity index (χ1) is 11.5. The maximum atomic E-state index is 13.5. The van der Waals surface area contributed by atoms with Crippen molar-refractivity contribution in [2.45, 2.75) is 46.0 Å². The summed E-state index contributed by atoms with van der Waals surface area (Å²) in [5.74, 6) is 0.754. The van der Waals surface area contributed by atoms with Crippen molar-refractivity contribution in [1.82, 2.24) is 19.4 Å². The summed E-state index contributed by atoms with van der Waals surface area (Å²) < 4.78 is 15.6. The van der Waals surface area contributed by atoms with Crippen LogP contribution in [0, 0.1) is 5.82 Å². The predicted octanol–water partition coefficient (Wildman–Crippen LogP) is 2.08. The van der Waals surface area contributed by atoms with Gasteiger partial charge >= 0.3 is 0 Å². The van der Waals surface area contributed by atoms with Crippen molar-refractivity contribution in [2.24, 2.45) is 0 Å². The minimum absolute atomic E-state index is 0.241. The first-order valence-electron chi connectivity index (χ1n) is 8.77. The Bertz CT molecular complexity index is 700. The second kappa shape index (κ2) is 7.17. The second-order valence-corrected chi connectivity index (χ2v) is 6.83. The van der Waals surface area contributed by atoms with Crippen molar-refractivity contribution in [3.8, 4) is 0 Å². The molecule has 1 N–H and O–H groups in total. The summed E-state index contributed by atoms with van der Waals surface area (Å²) in [6, 6.07) is 5.23. The third-order valence-electron chi connectivity index (χ3n) is 4.82. The highest BCUT2D eigenvalue weighted by Crippen LogP contribution is 2.20. The Morgan fingerprint density at radius 1 is 1.38 bits per heavy atom. The lowest BCUT2D eigenvalue weighted by atomic mass is 10.1. The van der Waals surface area contributed by atoms with E-state index >= 15 is 0 Å². The second-order valence-electron chi connectivity index (χ2n) is 6.83. The van der Waals surface area contributed by atoms with Crippen molar-refractivity contribution in [3.63, 3.8) is 0 Å². The highest BCUT2D eigenvalue weighted by Gasteiger charge is 2.25. The van der Waals surface area contributed by atoms with E-state index in [-0.39, 0.29) is 11.9 Å². The van der Waals surface area contributed by atoms with E-state index in [0.717, 1.165) is 56.1 Å². The van der Waals surface area contributed by atoms with Crippen LogP contribution in [-0.2, 0) is 13.1 Å². The summed E-state index contributed by atoms with van der Waals surface area (Å²) in [6.45, 7) is 11.3. The van der Waals surface area contributed by atoms with Crippen LogP contribution in [0.1, 0.15) is 26.6 Å². The number of aryl methyl sites for hydroxylation is 1. The topological polar surface area (TPSA) is 44.5 Å². The molecule has 1 fully saturated rings. The summed E-state index contributed by atoms with van der Waals surface area (Å²) in [7, 11) is 0. The number of hydrogen-bond donors (Lipinski definition) is 1. The van der Waals surface area contributed by atoms with Crippen LogP contribution in [0.15, 0.2) is 18.2 Å². The van der Waals surface area contributed by atoms with E-state index in [1.165, 1.54) is 12.1 Å². The van der Waals surface area contributed by atoms with Crippen LogP contribution in [0.4, 0.5) is 4.39 Å². The molecule has 1 aliphatic rings. The van der Waals surface area contributed by atoms with Gasteiger partial charge in [-0.1, -0.05) is 0 Å². The van der Waals surface area contributed by atoms with Crippen LogP contribution in [-0.4, -0.2) is 62.8 Å². The molecule has 1 aromatic carbocycles. The fourth-order valence-corrected chi connectivity index (χ4v) is 3.65. The van der Waals surface area contributed by atoms with E-state index in [0.29, 0.717) is 6.04 Å². The molecule has 6 heteroatoms. The van der Waals surface area contributed by atoms with Crippen molar-refractivity contribution >= 4 is 11.0 Å². The zero-order chi connectivity index (χ0) is 17.3. The van der Waals surface area contributed by atoms with Gasteiger partial charge in [-0.2, -0.15) is 0 Å². The highest BCUT2D eigenvalue weighted by atomic mass is 19.1. The number of aliphatic hydroxyl groups is 1. The number of halogens is 1. The van der Waals surface area contributed by atoms with Gasteiger partial charge in [0.25, 0.3) is 0 Å². The van der Waals surface area contributed by atoms with Gasteiger partial charge in [-0.15, -0.1) is 0 Å². The van der Waals surface area contributed by atoms with E-state index in [4.69, 9.17) is 0 Å². The molecule has 5 nitrogen and oxygen atoms in total. The van der Waals surface area contributed by atoms with Crippen molar-refractivity contribution in [2.75, 3.05) is 26.2 Å². The van der Waals surface area contributed by atoms with Crippen LogP contribution in [0.2, 0.25) is 0 Å². The largest absolute Gasteiger partial charge is 0.392 e. The molecular formula is C18H27FN4O. The van der Waals surface area contributed by atoms with Gasteiger partial charge in [0.2, 0.25) is 0 Å². The number of β-amino-alcohol motifs (C(OH)–C–C–N with tert-alkyl or cyclic N) is 1. The number of rotatable bonds is 5. The zero-order valence-electron chi connectivity index (χ0n) is 14.7. The number of imidazole rings is 1. The van der Waals surface area contributed by atoms with E-state index < -0.39 is 0 Å². The molecule has 24 heavy (non-hydrogen) atoms. The normalized spacial score (nSPS) is 21.5. The fourth-order valence-electron chi connectivity index (χ4n) is 3.65. The summed E-state index contributed by atoms with van der Waals surface area (Å²) in [6.07, 6.45) is -0.293. The minimum atomic E-state index is -0.293. The van der Waals surface area contributed by atoms with Crippen molar-refractivity contribution < 1.29 is 9.50 Å². The zero-order valence-corrected chi connectivity index (χ0v) is 14.7. The average Bonchev–Trinajstić information content (AvgIpc) is 2.85. The molecule has 0 aliphatic carbocycles. The SMILES string of the molecule is CCn1c(CN2CCN(CC(C)O)C(C)C2)nc2cc(F)ccc21. The highest BCUT2D eigenvalue weighted by molar-refractivity contribution is 5.76. The molecule has 2 unspecified atom stereocenters. The maximum Gasteiger partial charge on any atom is 0.125 e. The lowest BCUT2D eigenvalue weighted by Crippen LogP contribution is -2.53. The number of hydrogen-bond acceptors (Lipinski definition) is 4. The van der Waals surface area contributed by atoms with E-state index in [2.05, 4.69) is 33.2 Å². The molecule has 0 bridgehead atoms. The van der Waals surface area contributed by atoms with E-state index in [9.17, 15) is 9.50 Å². The minimum Gasteiger partial charge on any atom is -0.392 e. The molecule has 0 spiro atoms. The molecule has 1 saturated heterocycles. The average molecular weight is 334 g/mol. The summed E-state index contributed by atoms with van der Waals surface area (Å²) in [5.41, 5.74) is 1.72. The Morgan fingerprint density at radius 3 is 2.83 bits per heavy atom. The molecular weight excluding hydrogens is 307 g/mol. The maximum absolute atomic E-state index is 13.5. The fraction of sp³-hybridized carbons (Fsp3) is 0.611. The number of aliphatic hydroxyl groups excluding tert-OH is 1. The summed E-state index contributed by atoms with van der Waals surface area (Å²) in [5, 5.41) is 9.60. The Kier molecular flexibility index (Phi) is 5.18. The number of piperazine rings is 1. The molecule has 2 aromatic rings. The Labute approximate surface area is 142 Å². The van der Waals surface area contributed by atoms with E-state index in [1.54, 1.807) is 0 Å².